The maximum atomic E-state index is 13.5. The van der Waals surface area contributed by atoms with Gasteiger partial charge < -0.3 is 5.73 Å². The molecule has 1 aromatic carbocycles. The number of rotatable bonds is 3. The minimum absolute atomic E-state index is 0.0796. The molecule has 0 amide bonds. The van der Waals surface area contributed by atoms with Gasteiger partial charge in [0.25, 0.3) is 0 Å². The number of halogens is 3. The SMILES string of the molecule is CCCc1nc(-c2ccc(Cl)c(F)c2)nc(N)c1I. The largest absolute Gasteiger partial charge is 0.383 e. The molecule has 1 aromatic heterocycles. The lowest BCUT2D eigenvalue weighted by molar-refractivity contribution is 0.628. The fourth-order valence-corrected chi connectivity index (χ4v) is 2.31. The van der Waals surface area contributed by atoms with Crippen molar-refractivity contribution >= 4 is 40.0 Å². The number of hydrogen-bond donors (Lipinski definition) is 1. The lowest BCUT2D eigenvalue weighted by atomic mass is 10.2. The van der Waals surface area contributed by atoms with Gasteiger partial charge in [-0.1, -0.05) is 24.9 Å². The van der Waals surface area contributed by atoms with E-state index >= 15 is 0 Å². The smallest absolute Gasteiger partial charge is 0.161 e. The summed E-state index contributed by atoms with van der Waals surface area (Å²) in [6.45, 7) is 2.07. The molecule has 0 radical (unpaired) electrons. The molecule has 0 aliphatic carbocycles. The van der Waals surface area contributed by atoms with Crippen molar-refractivity contribution in [1.82, 2.24) is 9.97 Å². The van der Waals surface area contributed by atoms with Gasteiger partial charge in [0, 0.05) is 5.56 Å². The van der Waals surface area contributed by atoms with Crippen LogP contribution >= 0.6 is 34.2 Å². The molecule has 19 heavy (non-hydrogen) atoms. The maximum absolute atomic E-state index is 13.5. The summed E-state index contributed by atoms with van der Waals surface area (Å²) in [6, 6.07) is 4.49. The predicted molar refractivity (Wildman–Crippen MR) is 83.6 cm³/mol. The average molecular weight is 392 g/mol. The second-order valence-corrected chi connectivity index (χ2v) is 5.56. The van der Waals surface area contributed by atoms with Crippen molar-refractivity contribution in [3.8, 4) is 11.4 Å². The minimum Gasteiger partial charge on any atom is -0.383 e. The van der Waals surface area contributed by atoms with Crippen LogP contribution in [0.2, 0.25) is 5.02 Å². The summed E-state index contributed by atoms with van der Waals surface area (Å²) in [5.74, 6) is 0.360. The van der Waals surface area contributed by atoms with E-state index in [4.69, 9.17) is 17.3 Å². The molecule has 1 heterocycles. The third kappa shape index (κ3) is 3.14. The second kappa shape index (κ2) is 6.00. The lowest BCUT2D eigenvalue weighted by Crippen LogP contribution is -2.05. The minimum atomic E-state index is -0.489. The number of nitrogens with two attached hydrogens (primary N) is 1. The van der Waals surface area contributed by atoms with Gasteiger partial charge >= 0.3 is 0 Å². The summed E-state index contributed by atoms with van der Waals surface area (Å²) in [5.41, 5.74) is 7.34. The number of benzene rings is 1. The summed E-state index contributed by atoms with van der Waals surface area (Å²) >= 11 is 7.80. The van der Waals surface area contributed by atoms with E-state index in [1.165, 1.54) is 12.1 Å². The number of aromatic nitrogens is 2. The molecular formula is C13H12ClFIN3. The van der Waals surface area contributed by atoms with Crippen LogP contribution in [0.25, 0.3) is 11.4 Å². The van der Waals surface area contributed by atoms with Gasteiger partial charge in [0.2, 0.25) is 0 Å². The molecule has 0 bridgehead atoms. The van der Waals surface area contributed by atoms with Crippen molar-refractivity contribution in [3.63, 3.8) is 0 Å². The van der Waals surface area contributed by atoms with Crippen molar-refractivity contribution in [2.24, 2.45) is 0 Å². The summed E-state index contributed by atoms with van der Waals surface area (Å²) < 4.78 is 14.3. The number of hydrogen-bond acceptors (Lipinski definition) is 3. The van der Waals surface area contributed by atoms with Crippen molar-refractivity contribution in [3.05, 3.63) is 38.3 Å². The Hall–Kier alpha value is -0.950. The summed E-state index contributed by atoms with van der Waals surface area (Å²) in [4.78, 5) is 8.66. The summed E-state index contributed by atoms with van der Waals surface area (Å²) in [7, 11) is 0. The molecular weight excluding hydrogens is 380 g/mol. The Morgan fingerprint density at radius 2 is 2.11 bits per heavy atom. The van der Waals surface area contributed by atoms with Crippen LogP contribution in [0.15, 0.2) is 18.2 Å². The summed E-state index contributed by atoms with van der Waals surface area (Å²) in [5, 5.41) is 0.0796. The zero-order valence-corrected chi connectivity index (χ0v) is 13.2. The molecule has 2 N–H and O–H groups in total. The number of nitrogens with zero attached hydrogens (tertiary/aromatic N) is 2. The van der Waals surface area contributed by atoms with Crippen molar-refractivity contribution in [2.45, 2.75) is 19.8 Å². The first-order chi connectivity index (χ1) is 9.02. The Morgan fingerprint density at radius 1 is 1.37 bits per heavy atom. The Bertz CT molecular complexity index is 619. The molecule has 0 fully saturated rings. The Morgan fingerprint density at radius 3 is 2.74 bits per heavy atom. The van der Waals surface area contributed by atoms with E-state index < -0.39 is 5.82 Å². The van der Waals surface area contributed by atoms with Crippen molar-refractivity contribution in [1.29, 1.82) is 0 Å². The van der Waals surface area contributed by atoms with Crippen LogP contribution in [-0.4, -0.2) is 9.97 Å². The van der Waals surface area contributed by atoms with Crippen LogP contribution in [0, 0.1) is 9.39 Å². The molecule has 0 saturated heterocycles. The molecule has 3 nitrogen and oxygen atoms in total. The standard InChI is InChI=1S/C13H12ClFIN3/c1-2-3-10-11(16)12(17)19-13(18-10)7-4-5-8(14)9(15)6-7/h4-6H,2-3H2,1H3,(H2,17,18,19). The van der Waals surface area contributed by atoms with Crippen LogP contribution in [0.1, 0.15) is 19.0 Å². The first-order valence-corrected chi connectivity index (χ1v) is 7.26. The monoisotopic (exact) mass is 391 g/mol. The van der Waals surface area contributed by atoms with Gasteiger partial charge in [-0.05, 0) is 47.2 Å². The Labute approximate surface area is 129 Å². The normalized spacial score (nSPS) is 10.7. The average Bonchev–Trinajstić information content (AvgIpc) is 2.38. The van der Waals surface area contributed by atoms with Crippen molar-refractivity contribution in [2.75, 3.05) is 5.73 Å². The Kier molecular flexibility index (Phi) is 4.57. The first-order valence-electron chi connectivity index (χ1n) is 5.80. The molecule has 0 aliphatic heterocycles. The van der Waals surface area contributed by atoms with Gasteiger partial charge in [-0.2, -0.15) is 0 Å². The zero-order valence-electron chi connectivity index (χ0n) is 10.3. The van der Waals surface area contributed by atoms with E-state index in [0.717, 1.165) is 22.1 Å². The van der Waals surface area contributed by atoms with E-state index in [9.17, 15) is 4.39 Å². The first kappa shape index (κ1) is 14.5. The molecule has 0 unspecified atom stereocenters. The molecule has 2 rings (SSSR count). The van der Waals surface area contributed by atoms with E-state index in [-0.39, 0.29) is 5.02 Å². The van der Waals surface area contributed by atoms with Gasteiger partial charge in [-0.15, -0.1) is 0 Å². The predicted octanol–water partition coefficient (Wildman–Crippen LogP) is 4.08. The van der Waals surface area contributed by atoms with Gasteiger partial charge in [0.05, 0.1) is 14.3 Å². The van der Waals surface area contributed by atoms with Crippen molar-refractivity contribution < 1.29 is 4.39 Å². The van der Waals surface area contributed by atoms with Crippen LogP contribution in [0.3, 0.4) is 0 Å². The highest BCUT2D eigenvalue weighted by atomic mass is 127. The molecule has 2 aromatic rings. The van der Waals surface area contributed by atoms with Gasteiger partial charge in [0.1, 0.15) is 11.6 Å². The van der Waals surface area contributed by atoms with Gasteiger partial charge in [-0.3, -0.25) is 0 Å². The fourth-order valence-electron chi connectivity index (χ4n) is 1.68. The molecule has 0 spiro atoms. The quantitative estimate of drug-likeness (QED) is 0.802. The van der Waals surface area contributed by atoms with Crippen LogP contribution in [0.4, 0.5) is 10.2 Å². The molecule has 0 atom stereocenters. The third-order valence-corrected chi connectivity index (χ3v) is 4.09. The maximum Gasteiger partial charge on any atom is 0.161 e. The van der Waals surface area contributed by atoms with E-state index in [1.54, 1.807) is 6.07 Å². The van der Waals surface area contributed by atoms with E-state index in [0.29, 0.717) is 17.2 Å². The highest BCUT2D eigenvalue weighted by molar-refractivity contribution is 14.1. The van der Waals surface area contributed by atoms with E-state index in [2.05, 4.69) is 39.5 Å². The summed E-state index contributed by atoms with van der Waals surface area (Å²) in [6.07, 6.45) is 1.77. The molecule has 0 aliphatic rings. The number of anilines is 1. The number of aryl methyl sites for hydroxylation is 1. The molecule has 6 heteroatoms. The van der Waals surface area contributed by atoms with Crippen LogP contribution in [-0.2, 0) is 6.42 Å². The molecule has 0 saturated carbocycles. The Balaban J connectivity index is 2.52. The van der Waals surface area contributed by atoms with Crippen LogP contribution < -0.4 is 5.73 Å². The molecule has 100 valence electrons. The van der Waals surface area contributed by atoms with E-state index in [1.807, 2.05) is 0 Å². The fraction of sp³-hybridized carbons (Fsp3) is 0.231. The highest BCUT2D eigenvalue weighted by Gasteiger charge is 2.12. The lowest BCUT2D eigenvalue weighted by Gasteiger charge is -2.08. The second-order valence-electron chi connectivity index (χ2n) is 4.07. The van der Waals surface area contributed by atoms with Gasteiger partial charge in [0.15, 0.2) is 5.82 Å². The zero-order chi connectivity index (χ0) is 14.0. The van der Waals surface area contributed by atoms with Crippen LogP contribution in [0.5, 0.6) is 0 Å². The topological polar surface area (TPSA) is 51.8 Å². The third-order valence-electron chi connectivity index (χ3n) is 2.61. The van der Waals surface area contributed by atoms with Gasteiger partial charge in [-0.25, -0.2) is 14.4 Å². The highest BCUT2D eigenvalue weighted by Crippen LogP contribution is 2.25. The number of nitrogen functional groups attached to an aromatic ring is 1.